The minimum atomic E-state index is -1.03. The van der Waals surface area contributed by atoms with Crippen molar-refractivity contribution in [3.05, 3.63) is 170 Å². The Morgan fingerprint density at radius 2 is 1.71 bits per heavy atom. The summed E-state index contributed by atoms with van der Waals surface area (Å²) in [7, 11) is 0. The zero-order chi connectivity index (χ0) is 52.4. The van der Waals surface area contributed by atoms with Gasteiger partial charge in [0.1, 0.15) is 22.9 Å². The molecule has 0 bridgehead atoms. The minimum Gasteiger partial charge on any atom is -0.376 e. The van der Waals surface area contributed by atoms with Crippen molar-refractivity contribution in [1.82, 2.24) is 39.2 Å². The first-order valence-electron chi connectivity index (χ1n) is 26.1. The van der Waals surface area contributed by atoms with E-state index in [1.54, 1.807) is 58.9 Å². The van der Waals surface area contributed by atoms with Crippen LogP contribution in [0.4, 0.5) is 20.3 Å². The van der Waals surface area contributed by atoms with Crippen molar-refractivity contribution in [3.63, 3.8) is 0 Å². The second-order valence-corrected chi connectivity index (χ2v) is 21.8. The Hall–Kier alpha value is -7.92. The standard InChI is InChI=1S/C58H56F2N10O6/c1-33-23-42(24-34(2)51(33)59)70-53(67-21-20-66(49(67)30-71)47-16-15-46-43(52(47)60)29-61-69(46)41-12-13-41)50-35(3)65(19-17-44(50)63-70)54(72)48-26-39-25-37(38-18-22-75-57(4,5)27-38)11-14-45(39)68(48)58(55-62-56(73)76-64-55)28-40(58)32-74-31-36-9-7-6-8-10-36/h6-11,14-16,20-21,23-26,29,35,38,40-41H,12-13,17-19,22,27-28,31-32H2,1-5H3,(H,62,64,73)/t35-,38-,40+,58-/m0/s1. The molecule has 3 fully saturated rings. The highest BCUT2D eigenvalue weighted by atomic mass is 19.1. The number of carbonyl (C=O) groups excluding carboxylic acids is 2. The number of fused-ring (bicyclic) bond motifs is 3. The Kier molecular flexibility index (Phi) is 11.2. The van der Waals surface area contributed by atoms with Crippen LogP contribution >= 0.6 is 0 Å². The smallest absolute Gasteiger partial charge is 0.376 e. The van der Waals surface area contributed by atoms with Crippen molar-refractivity contribution in [3.8, 4) is 5.69 Å². The van der Waals surface area contributed by atoms with E-state index in [-0.39, 0.29) is 53.3 Å². The number of aromatic amines is 1. The van der Waals surface area contributed by atoms with Gasteiger partial charge in [-0.1, -0.05) is 41.6 Å². The molecule has 7 heterocycles. The fourth-order valence-electron chi connectivity index (χ4n) is 12.3. The lowest BCUT2D eigenvalue weighted by atomic mass is 9.83. The molecule has 1 amide bonds. The number of H-pyrrole nitrogens is 1. The molecule has 1 saturated heterocycles. The van der Waals surface area contributed by atoms with Gasteiger partial charge in [-0.3, -0.25) is 28.8 Å². The fraction of sp³-hybridized carbons (Fsp3) is 0.362. The van der Waals surface area contributed by atoms with Gasteiger partial charge >= 0.3 is 5.76 Å². The molecule has 8 aromatic rings. The molecule has 2 aliphatic carbocycles. The van der Waals surface area contributed by atoms with Crippen LogP contribution in [0.15, 0.2) is 113 Å². The van der Waals surface area contributed by atoms with E-state index in [1.807, 2.05) is 58.6 Å². The van der Waals surface area contributed by atoms with Gasteiger partial charge in [-0.05, 0) is 137 Å². The van der Waals surface area contributed by atoms with Gasteiger partial charge < -0.3 is 18.9 Å². The average molecular weight is 1030 g/mol. The molecule has 13 rings (SSSR count). The number of nitrogens with zero attached hydrogens (tertiary/aromatic N) is 9. The second-order valence-electron chi connectivity index (χ2n) is 21.8. The number of aromatic nitrogens is 7. The quantitative estimate of drug-likeness (QED) is 0.116. The minimum absolute atomic E-state index is 0.0374. The summed E-state index contributed by atoms with van der Waals surface area (Å²) in [5, 5.41) is 15.1. The number of halogens is 2. The predicted octanol–water partition coefficient (Wildman–Crippen LogP) is 9.97. The summed E-state index contributed by atoms with van der Waals surface area (Å²) < 4.78 is 55.3. The third-order valence-corrected chi connectivity index (χ3v) is 16.3. The van der Waals surface area contributed by atoms with Crippen LogP contribution in [0.3, 0.4) is 0 Å². The third kappa shape index (κ3) is 7.75. The number of aryl methyl sites for hydroxylation is 2. The van der Waals surface area contributed by atoms with Gasteiger partial charge in [0.05, 0.1) is 65.1 Å². The lowest BCUT2D eigenvalue weighted by molar-refractivity contribution is -0.0592. The van der Waals surface area contributed by atoms with Crippen molar-refractivity contribution in [2.45, 2.75) is 109 Å². The van der Waals surface area contributed by atoms with Crippen molar-refractivity contribution < 1.29 is 32.4 Å². The number of anilines is 2. The Morgan fingerprint density at radius 1 is 0.934 bits per heavy atom. The molecule has 0 unspecified atom stereocenters. The average Bonchev–Trinajstić information content (AvgIpc) is 4.04. The van der Waals surface area contributed by atoms with Crippen LogP contribution in [0, 0.1) is 31.4 Å². The van der Waals surface area contributed by atoms with E-state index in [4.69, 9.17) is 19.1 Å². The summed E-state index contributed by atoms with van der Waals surface area (Å²) >= 11 is 0. The van der Waals surface area contributed by atoms with E-state index in [2.05, 4.69) is 53.2 Å². The maximum Gasteiger partial charge on any atom is 0.438 e. The fourth-order valence-corrected chi connectivity index (χ4v) is 12.3. The molecule has 3 aliphatic heterocycles. The number of nitrogens with one attached hydrogen (secondary N) is 1. The highest BCUT2D eigenvalue weighted by molar-refractivity contribution is 6.00. The molecule has 4 aromatic heterocycles. The molecule has 4 aromatic carbocycles. The normalized spacial score (nSPS) is 22.0. The molecule has 0 radical (unpaired) electrons. The van der Waals surface area contributed by atoms with Crippen LogP contribution in [0.5, 0.6) is 0 Å². The summed E-state index contributed by atoms with van der Waals surface area (Å²) in [6.45, 7) is 11.1. The zero-order valence-corrected chi connectivity index (χ0v) is 42.8. The maximum atomic E-state index is 16.7. The van der Waals surface area contributed by atoms with Gasteiger partial charge in [-0.2, -0.15) is 10.2 Å². The van der Waals surface area contributed by atoms with Crippen molar-refractivity contribution >= 4 is 45.2 Å². The van der Waals surface area contributed by atoms with E-state index in [0.717, 1.165) is 47.7 Å². The van der Waals surface area contributed by atoms with Crippen LogP contribution in [0.25, 0.3) is 27.5 Å². The first-order chi connectivity index (χ1) is 36.7. The molecular formula is C58H56F2N10O6. The summed E-state index contributed by atoms with van der Waals surface area (Å²) in [5.74, 6) is 0.888. The van der Waals surface area contributed by atoms with Crippen molar-refractivity contribution in [1.29, 1.82) is 0 Å². The molecule has 18 heteroatoms. The molecule has 1 N–H and O–H groups in total. The SMILES string of the molecule is Cc1cc(-n2nc3c(c2N2C=CN(c4ccc5c(cnn5C5CC5)c4F)C2=C=O)[C@H](C)N(C(=O)c2cc4cc([C@H]5CCOC(C)(C)C5)ccc4n2[C@@]2(c4noc(=O)[nH]4)C[C@@H]2COCc2ccccc2)CC3)cc(C)c1F. The topological polar surface area (TPSA) is 162 Å². The maximum absolute atomic E-state index is 16.7. The largest absolute Gasteiger partial charge is 0.438 e. The Labute approximate surface area is 435 Å². The van der Waals surface area contributed by atoms with E-state index >= 15 is 13.6 Å². The lowest BCUT2D eigenvalue weighted by Crippen LogP contribution is -2.41. The number of carbonyl (C=O) groups is 1. The number of amides is 1. The lowest BCUT2D eigenvalue weighted by Gasteiger charge is -2.36. The summed E-state index contributed by atoms with van der Waals surface area (Å²) in [4.78, 5) is 50.0. The molecule has 76 heavy (non-hydrogen) atoms. The zero-order valence-electron chi connectivity index (χ0n) is 42.8. The summed E-state index contributed by atoms with van der Waals surface area (Å²) in [5.41, 5.74) is 5.41. The monoisotopic (exact) mass is 1030 g/mol. The highest BCUT2D eigenvalue weighted by Gasteiger charge is 2.62. The number of rotatable bonds is 12. The number of hydrogen-bond donors (Lipinski definition) is 1. The molecule has 0 spiro atoms. The van der Waals surface area contributed by atoms with Gasteiger partial charge in [0.15, 0.2) is 17.6 Å². The van der Waals surface area contributed by atoms with Crippen LogP contribution in [-0.2, 0) is 32.8 Å². The van der Waals surface area contributed by atoms with Crippen LogP contribution in [-0.4, -0.2) is 76.4 Å². The molecular weight excluding hydrogens is 971 g/mol. The first-order valence-corrected chi connectivity index (χ1v) is 26.1. The van der Waals surface area contributed by atoms with Gasteiger partial charge in [-0.25, -0.2) is 23.1 Å². The van der Waals surface area contributed by atoms with E-state index in [9.17, 15) is 9.59 Å². The molecule has 2 saturated carbocycles. The van der Waals surface area contributed by atoms with E-state index < -0.39 is 23.2 Å². The van der Waals surface area contributed by atoms with Crippen LogP contribution in [0.2, 0.25) is 0 Å². The Balaban J connectivity index is 0.919. The second kappa shape index (κ2) is 17.9. The van der Waals surface area contributed by atoms with Gasteiger partial charge in [0, 0.05) is 54.4 Å². The Morgan fingerprint density at radius 3 is 2.45 bits per heavy atom. The van der Waals surface area contributed by atoms with E-state index in [0.29, 0.717) is 89.0 Å². The molecule has 5 aliphatic rings. The first kappa shape index (κ1) is 47.8. The highest BCUT2D eigenvalue weighted by Crippen LogP contribution is 2.57. The summed E-state index contributed by atoms with van der Waals surface area (Å²) in [6, 6.07) is 24.6. The number of benzene rings is 4. The van der Waals surface area contributed by atoms with Gasteiger partial charge in [0.2, 0.25) is 5.82 Å². The summed E-state index contributed by atoms with van der Waals surface area (Å²) in [6.07, 6.45) is 9.24. The number of ether oxygens (including phenoxy) is 2. The third-order valence-electron chi connectivity index (χ3n) is 16.3. The predicted molar refractivity (Wildman–Crippen MR) is 280 cm³/mol. The van der Waals surface area contributed by atoms with Crippen molar-refractivity contribution in [2.24, 2.45) is 5.92 Å². The van der Waals surface area contributed by atoms with Gasteiger partial charge in [-0.15, -0.1) is 0 Å². The molecule has 388 valence electrons. The van der Waals surface area contributed by atoms with Crippen molar-refractivity contribution in [2.75, 3.05) is 29.6 Å². The number of hydrogen-bond acceptors (Lipinski definition) is 11. The van der Waals surface area contributed by atoms with Crippen LogP contribution < -0.4 is 15.6 Å². The Bertz CT molecular complexity index is 3780. The van der Waals surface area contributed by atoms with Crippen LogP contribution in [0.1, 0.15) is 121 Å². The van der Waals surface area contributed by atoms with Gasteiger partial charge in [0.25, 0.3) is 5.91 Å². The molecule has 16 nitrogen and oxygen atoms in total. The van der Waals surface area contributed by atoms with E-state index in [1.165, 1.54) is 11.1 Å². The molecule has 4 atom stereocenters.